The molecule has 2 aromatic rings. The van der Waals surface area contributed by atoms with Gasteiger partial charge in [0.15, 0.2) is 0 Å². The predicted octanol–water partition coefficient (Wildman–Crippen LogP) is 3.20. The van der Waals surface area contributed by atoms with Crippen LogP contribution in [0.2, 0.25) is 0 Å². The van der Waals surface area contributed by atoms with Crippen molar-refractivity contribution >= 4 is 23.0 Å². The number of halogens is 1. The molecule has 0 aliphatic heterocycles. The third kappa shape index (κ3) is 2.80. The molecule has 2 rings (SSSR count). The molecule has 1 amide bonds. The van der Waals surface area contributed by atoms with Crippen LogP contribution in [-0.2, 0) is 0 Å². The van der Waals surface area contributed by atoms with Gasteiger partial charge >= 0.3 is 0 Å². The van der Waals surface area contributed by atoms with E-state index in [1.54, 1.807) is 10.7 Å². The van der Waals surface area contributed by atoms with Crippen molar-refractivity contribution in [1.82, 2.24) is 14.5 Å². The van der Waals surface area contributed by atoms with Crippen LogP contribution in [0.5, 0.6) is 0 Å². The fourth-order valence-electron chi connectivity index (χ4n) is 2.52. The third-order valence-corrected chi connectivity index (χ3v) is 3.80. The molecular formula is C15H20ClN3O. The normalized spacial score (nSPS) is 11.2. The number of hydrogen-bond donors (Lipinski definition) is 0. The summed E-state index contributed by atoms with van der Waals surface area (Å²) >= 11 is 5.86. The van der Waals surface area contributed by atoms with E-state index in [9.17, 15) is 4.79 Å². The number of alkyl halides is 1. The summed E-state index contributed by atoms with van der Waals surface area (Å²) in [6, 6.07) is 5.94. The molecule has 20 heavy (non-hydrogen) atoms. The predicted molar refractivity (Wildman–Crippen MR) is 81.3 cm³/mol. The fraction of sp³-hybridized carbons (Fsp3) is 0.467. The van der Waals surface area contributed by atoms with Crippen molar-refractivity contribution in [3.8, 4) is 0 Å². The zero-order valence-electron chi connectivity index (χ0n) is 11.9. The average Bonchev–Trinajstić information content (AvgIpc) is 2.91. The lowest BCUT2D eigenvalue weighted by molar-refractivity contribution is 0.0683. The highest BCUT2D eigenvalue weighted by Gasteiger charge is 2.24. The number of amides is 1. The van der Waals surface area contributed by atoms with Gasteiger partial charge in [0.1, 0.15) is 0 Å². The van der Waals surface area contributed by atoms with Crippen LogP contribution in [0.4, 0.5) is 0 Å². The van der Waals surface area contributed by atoms with Gasteiger partial charge in [-0.1, -0.05) is 19.9 Å². The molecule has 0 fully saturated rings. The van der Waals surface area contributed by atoms with Crippen molar-refractivity contribution in [2.75, 3.05) is 12.4 Å². The Morgan fingerprint density at radius 3 is 2.80 bits per heavy atom. The van der Waals surface area contributed by atoms with Crippen molar-refractivity contribution in [3.05, 3.63) is 36.2 Å². The number of rotatable bonds is 6. The van der Waals surface area contributed by atoms with Crippen LogP contribution >= 0.6 is 11.6 Å². The molecule has 0 aliphatic rings. The Bertz CT molecular complexity index is 577. The van der Waals surface area contributed by atoms with E-state index in [1.807, 2.05) is 29.3 Å². The molecule has 0 radical (unpaired) electrons. The Hall–Kier alpha value is -1.55. The monoisotopic (exact) mass is 293 g/mol. The highest BCUT2D eigenvalue weighted by atomic mass is 35.5. The highest BCUT2D eigenvalue weighted by Crippen LogP contribution is 2.17. The van der Waals surface area contributed by atoms with Crippen molar-refractivity contribution in [3.63, 3.8) is 0 Å². The van der Waals surface area contributed by atoms with E-state index in [0.717, 1.165) is 18.4 Å². The lowest BCUT2D eigenvalue weighted by atomic mass is 10.1. The van der Waals surface area contributed by atoms with Crippen LogP contribution in [0.15, 0.2) is 30.6 Å². The molecular weight excluding hydrogens is 274 g/mol. The van der Waals surface area contributed by atoms with Gasteiger partial charge in [0.2, 0.25) is 0 Å². The quantitative estimate of drug-likeness (QED) is 0.767. The van der Waals surface area contributed by atoms with Crippen LogP contribution in [0.25, 0.3) is 5.52 Å². The van der Waals surface area contributed by atoms with Crippen LogP contribution in [0, 0.1) is 0 Å². The lowest BCUT2D eigenvalue weighted by Gasteiger charge is -2.29. The molecule has 0 saturated heterocycles. The molecule has 0 bridgehead atoms. The lowest BCUT2D eigenvalue weighted by Crippen LogP contribution is -2.41. The van der Waals surface area contributed by atoms with E-state index in [1.165, 1.54) is 0 Å². The molecule has 2 heterocycles. The molecule has 4 nitrogen and oxygen atoms in total. The summed E-state index contributed by atoms with van der Waals surface area (Å²) < 4.78 is 1.72. The van der Waals surface area contributed by atoms with E-state index >= 15 is 0 Å². The summed E-state index contributed by atoms with van der Waals surface area (Å²) in [5.74, 6) is 0.460. The first-order valence-electron chi connectivity index (χ1n) is 7.02. The summed E-state index contributed by atoms with van der Waals surface area (Å²) in [7, 11) is 0. The summed E-state index contributed by atoms with van der Waals surface area (Å²) in [5, 5.41) is 4.23. The molecule has 0 spiro atoms. The van der Waals surface area contributed by atoms with Crippen molar-refractivity contribution in [1.29, 1.82) is 0 Å². The second kappa shape index (κ2) is 6.75. The number of carbonyl (C=O) groups is 1. The number of fused-ring (bicyclic) bond motifs is 1. The molecule has 0 N–H and O–H groups in total. The second-order valence-electron chi connectivity index (χ2n) is 4.75. The van der Waals surface area contributed by atoms with Gasteiger partial charge in [-0.2, -0.15) is 5.10 Å². The average molecular weight is 294 g/mol. The van der Waals surface area contributed by atoms with Crippen LogP contribution < -0.4 is 0 Å². The molecule has 2 aromatic heterocycles. The van der Waals surface area contributed by atoms with Gasteiger partial charge in [0.05, 0.1) is 17.3 Å². The Morgan fingerprint density at radius 2 is 2.15 bits per heavy atom. The summed E-state index contributed by atoms with van der Waals surface area (Å²) in [4.78, 5) is 14.7. The Morgan fingerprint density at radius 1 is 1.40 bits per heavy atom. The SMILES string of the molecule is CCC(CC)N(CCCl)C(=O)c1cnn2ccccc12. The second-order valence-corrected chi connectivity index (χ2v) is 5.12. The topological polar surface area (TPSA) is 37.6 Å². The molecule has 0 aromatic carbocycles. The molecule has 5 heteroatoms. The maximum atomic E-state index is 12.8. The van der Waals surface area contributed by atoms with E-state index in [4.69, 9.17) is 11.6 Å². The van der Waals surface area contributed by atoms with Gasteiger partial charge in [-0.15, -0.1) is 11.6 Å². The zero-order valence-corrected chi connectivity index (χ0v) is 12.7. The molecule has 0 unspecified atom stereocenters. The molecule has 0 aliphatic carbocycles. The minimum Gasteiger partial charge on any atom is -0.334 e. The van der Waals surface area contributed by atoms with Gasteiger partial charge in [0, 0.05) is 24.7 Å². The number of carbonyl (C=O) groups excluding carboxylic acids is 1. The van der Waals surface area contributed by atoms with Gasteiger partial charge in [-0.3, -0.25) is 4.79 Å². The number of hydrogen-bond acceptors (Lipinski definition) is 2. The van der Waals surface area contributed by atoms with Gasteiger partial charge < -0.3 is 4.90 Å². The summed E-state index contributed by atoms with van der Waals surface area (Å²) in [6.45, 7) is 4.76. The maximum Gasteiger partial charge on any atom is 0.257 e. The van der Waals surface area contributed by atoms with Crippen molar-refractivity contribution in [2.45, 2.75) is 32.7 Å². The van der Waals surface area contributed by atoms with Crippen LogP contribution in [0.1, 0.15) is 37.0 Å². The third-order valence-electron chi connectivity index (χ3n) is 3.63. The van der Waals surface area contributed by atoms with E-state index in [2.05, 4.69) is 18.9 Å². The number of nitrogens with zero attached hydrogens (tertiary/aromatic N) is 3. The molecule has 108 valence electrons. The number of aromatic nitrogens is 2. The fourth-order valence-corrected chi connectivity index (χ4v) is 2.71. The highest BCUT2D eigenvalue weighted by molar-refractivity contribution is 6.18. The van der Waals surface area contributed by atoms with Crippen molar-refractivity contribution in [2.24, 2.45) is 0 Å². The van der Waals surface area contributed by atoms with Gasteiger partial charge in [-0.25, -0.2) is 4.52 Å². The van der Waals surface area contributed by atoms with Crippen LogP contribution in [-0.4, -0.2) is 38.9 Å². The van der Waals surface area contributed by atoms with E-state index in [-0.39, 0.29) is 11.9 Å². The molecule has 0 saturated carbocycles. The Labute approximate surface area is 124 Å². The zero-order chi connectivity index (χ0) is 14.5. The van der Waals surface area contributed by atoms with Crippen LogP contribution in [0.3, 0.4) is 0 Å². The molecule has 0 atom stereocenters. The maximum absolute atomic E-state index is 12.8. The number of pyridine rings is 1. The van der Waals surface area contributed by atoms with Gasteiger partial charge in [0.25, 0.3) is 5.91 Å². The first kappa shape index (κ1) is 14.9. The van der Waals surface area contributed by atoms with Crippen molar-refractivity contribution < 1.29 is 4.79 Å². The smallest absolute Gasteiger partial charge is 0.257 e. The summed E-state index contributed by atoms with van der Waals surface area (Å²) in [5.41, 5.74) is 1.48. The Kier molecular flexibility index (Phi) is 5.01. The van der Waals surface area contributed by atoms with E-state index < -0.39 is 0 Å². The first-order chi connectivity index (χ1) is 9.72. The Balaban J connectivity index is 2.36. The largest absolute Gasteiger partial charge is 0.334 e. The minimum atomic E-state index is 0.0144. The van der Waals surface area contributed by atoms with E-state index in [0.29, 0.717) is 18.0 Å². The summed E-state index contributed by atoms with van der Waals surface area (Å²) in [6.07, 6.45) is 5.34. The standard InChI is InChI=1S/C15H20ClN3O/c1-3-12(4-2)18(10-8-16)15(20)13-11-17-19-9-6-5-7-14(13)19/h5-7,9,11-12H,3-4,8,10H2,1-2H3. The minimum absolute atomic E-state index is 0.0144. The first-order valence-corrected chi connectivity index (χ1v) is 7.55. The van der Waals surface area contributed by atoms with Gasteiger partial charge in [-0.05, 0) is 25.0 Å².